The van der Waals surface area contributed by atoms with E-state index >= 15 is 17.6 Å². The molecule has 34 heteroatoms. The molecule has 17 aromatic rings. The number of halogens is 8. The number of fused-ring (bicyclic) bond motifs is 17. The quantitative estimate of drug-likeness (QED) is 0.0443. The van der Waals surface area contributed by atoms with Crippen LogP contribution in [0, 0.1) is 118 Å². The van der Waals surface area contributed by atoms with Crippen LogP contribution >= 0.6 is 46.4 Å². The zero-order valence-electron chi connectivity index (χ0n) is 81.2. The lowest BCUT2D eigenvalue weighted by Crippen LogP contribution is -2.47. The lowest BCUT2D eigenvalue weighted by molar-refractivity contribution is 0.0334. The van der Waals surface area contributed by atoms with Gasteiger partial charge in [0.25, 0.3) is 0 Å². The summed E-state index contributed by atoms with van der Waals surface area (Å²) in [6, 6.07) is 40.8. The molecule has 0 spiro atoms. The highest BCUT2D eigenvalue weighted by atomic mass is 35.5. The number of furan rings is 1. The summed E-state index contributed by atoms with van der Waals surface area (Å²) in [5, 5.41) is 38.6. The van der Waals surface area contributed by atoms with Crippen molar-refractivity contribution in [3.63, 3.8) is 0 Å². The molecule has 5 N–H and O–H groups in total. The van der Waals surface area contributed by atoms with E-state index in [0.29, 0.717) is 256 Å². The van der Waals surface area contributed by atoms with Crippen molar-refractivity contribution in [3.8, 4) is 51.9 Å². The van der Waals surface area contributed by atoms with Crippen molar-refractivity contribution in [3.05, 3.63) is 231 Å². The van der Waals surface area contributed by atoms with Gasteiger partial charge >= 0.3 is 0 Å². The highest BCUT2D eigenvalue weighted by Crippen LogP contribution is 2.56. The molecule has 31 rings (SSSR count). The van der Waals surface area contributed by atoms with Crippen LogP contribution in [0.3, 0.4) is 0 Å². The number of hydrogen-bond donors (Lipinski definition) is 5. The Morgan fingerprint density at radius 2 is 0.717 bits per heavy atom. The molecular weight excluding hydrogens is 1920 g/mol. The number of piperazine rings is 1. The normalized spacial score (nSPS) is 24.6. The maximum absolute atomic E-state index is 16.8. The van der Waals surface area contributed by atoms with Gasteiger partial charge in [-0.2, -0.15) is 20.4 Å². The molecule has 14 aromatic heterocycles. The predicted octanol–water partition coefficient (Wildman–Crippen LogP) is 26.2. The number of benzene rings is 3. The van der Waals surface area contributed by atoms with E-state index in [1.54, 1.807) is 55.3 Å². The zero-order chi connectivity index (χ0) is 98.5. The Labute approximate surface area is 856 Å². The third kappa shape index (κ3) is 18.6. The topological polar surface area (TPSA) is 309 Å². The molecule has 15 heterocycles. The molecular formula is C111H113Cl4F4N25O. The fourth-order valence-electron chi connectivity index (χ4n) is 26.4. The second kappa shape index (κ2) is 40.0. The number of nitrogens with one attached hydrogen (secondary N) is 5. The number of anilines is 6. The second-order valence-electron chi connectivity index (χ2n) is 42.2. The first kappa shape index (κ1) is 94.6. The molecule has 14 aliphatic rings. The molecule has 145 heavy (non-hydrogen) atoms. The summed E-state index contributed by atoms with van der Waals surface area (Å²) in [6.07, 6.45) is 34.8. The number of H-pyrrole nitrogens is 4. The predicted molar refractivity (Wildman–Crippen MR) is 558 cm³/mol. The van der Waals surface area contributed by atoms with Gasteiger partial charge in [0.15, 0.2) is 98.3 Å². The molecule has 8 bridgehead atoms. The van der Waals surface area contributed by atoms with Gasteiger partial charge in [-0.15, -0.1) is 0 Å². The third-order valence-corrected chi connectivity index (χ3v) is 35.3. The van der Waals surface area contributed by atoms with Crippen molar-refractivity contribution in [1.82, 2.24) is 105 Å². The van der Waals surface area contributed by atoms with Gasteiger partial charge in [-0.05, 0) is 308 Å². The molecule has 14 fully saturated rings. The third-order valence-electron chi connectivity index (χ3n) is 34.5. The van der Waals surface area contributed by atoms with E-state index in [4.69, 9.17) is 85.7 Å². The Balaban J connectivity index is 0.000000104. The second-order valence-corrected chi connectivity index (χ2v) is 44.0. The molecule has 1 saturated heterocycles. The highest BCUT2D eigenvalue weighted by molar-refractivity contribution is 6.32. The van der Waals surface area contributed by atoms with Crippen molar-refractivity contribution >= 4 is 136 Å². The molecule has 0 radical (unpaired) electrons. The van der Waals surface area contributed by atoms with E-state index in [1.165, 1.54) is 103 Å². The SMILES string of the molecule is CC1C2CCC(CC2)C1Cc1nc(-c2[nH]nc3ncc(Cl)cc23)nc(-n2ccc3ccccc32)c1F.CC1C2CCC(CC2)C1Cc1nc(-c2[nH]nc3ncc(Cl)cc23)nc(N(c2ccccc2)c2ccccc2)c1F.CC1C2CCC(CC2)C1Cc1nc(-c2[nH]nc3ncc(Cl)cc23)nc(N2CCN(c3ccco3)CC2)c1F.CC1C2CCC(CC2)C1Cc1nc(-c2[nH]nc3ncc(Cl)cc23)nc(NC2CC2)c1F. The molecule has 8 unspecified atom stereocenters. The number of aromatic nitrogens is 21. The Bertz CT molecular complexity index is 7540. The van der Waals surface area contributed by atoms with Crippen LogP contribution in [-0.4, -0.2) is 137 Å². The number of nitrogens with zero attached hydrogens (tertiary/aromatic N) is 20. The van der Waals surface area contributed by atoms with Crippen LogP contribution < -0.4 is 20.0 Å². The Morgan fingerprint density at radius 3 is 1.11 bits per heavy atom. The van der Waals surface area contributed by atoms with E-state index in [2.05, 4.69) is 104 Å². The molecule has 26 nitrogen and oxygen atoms in total. The first-order valence-electron chi connectivity index (χ1n) is 51.8. The monoisotopic (exact) mass is 2030 g/mol. The van der Waals surface area contributed by atoms with E-state index in [0.717, 1.165) is 82.6 Å². The van der Waals surface area contributed by atoms with Crippen molar-refractivity contribution in [2.24, 2.45) is 94.7 Å². The summed E-state index contributed by atoms with van der Waals surface area (Å²) in [7, 11) is 0. The van der Waals surface area contributed by atoms with E-state index in [-0.39, 0.29) is 34.9 Å². The first-order valence-corrected chi connectivity index (χ1v) is 53.3. The zero-order valence-corrected chi connectivity index (χ0v) is 84.2. The van der Waals surface area contributed by atoms with E-state index in [9.17, 15) is 0 Å². The summed E-state index contributed by atoms with van der Waals surface area (Å²) in [6.45, 7) is 12.1. The van der Waals surface area contributed by atoms with Crippen molar-refractivity contribution in [2.75, 3.05) is 46.2 Å². The van der Waals surface area contributed by atoms with Crippen LogP contribution in [0.2, 0.25) is 20.1 Å². The van der Waals surface area contributed by atoms with Gasteiger partial charge in [0.1, 0.15) is 22.8 Å². The van der Waals surface area contributed by atoms with Gasteiger partial charge in [0.05, 0.1) is 76.2 Å². The summed E-state index contributed by atoms with van der Waals surface area (Å²) in [5.74, 6) is 11.9. The van der Waals surface area contributed by atoms with Crippen LogP contribution in [0.4, 0.5) is 52.3 Å². The van der Waals surface area contributed by atoms with Gasteiger partial charge in [-0.3, -0.25) is 29.9 Å². The lowest BCUT2D eigenvalue weighted by atomic mass is 9.58. The average molecular weight is 2030 g/mol. The smallest absolute Gasteiger partial charge is 0.195 e. The number of aromatic amines is 4. The van der Waals surface area contributed by atoms with Crippen molar-refractivity contribution in [1.29, 1.82) is 0 Å². The summed E-state index contributed by atoms with van der Waals surface area (Å²) in [4.78, 5) is 61.5. The van der Waals surface area contributed by atoms with Crippen LogP contribution in [0.5, 0.6) is 0 Å². The molecule has 13 aliphatic carbocycles. The Morgan fingerprint density at radius 1 is 0.366 bits per heavy atom. The Hall–Kier alpha value is -12.6. The molecule has 13 saturated carbocycles. The lowest BCUT2D eigenvalue weighted by Gasteiger charge is -2.47. The van der Waals surface area contributed by atoms with Gasteiger partial charge in [0, 0.05) is 80.6 Å². The van der Waals surface area contributed by atoms with Crippen LogP contribution in [0.15, 0.2) is 169 Å². The van der Waals surface area contributed by atoms with Crippen molar-refractivity contribution < 1.29 is 22.0 Å². The van der Waals surface area contributed by atoms with Crippen LogP contribution in [0.1, 0.15) is 166 Å². The minimum absolute atomic E-state index is 0.212. The van der Waals surface area contributed by atoms with Crippen LogP contribution in [-0.2, 0) is 25.7 Å². The Kier molecular flexibility index (Phi) is 26.1. The molecule has 1 aliphatic heterocycles. The molecule has 744 valence electrons. The van der Waals surface area contributed by atoms with Gasteiger partial charge in [-0.25, -0.2) is 77.4 Å². The number of pyridine rings is 4. The fourth-order valence-corrected chi connectivity index (χ4v) is 27.0. The maximum Gasteiger partial charge on any atom is 0.195 e. The number of para-hydroxylation sites is 3. The summed E-state index contributed by atoms with van der Waals surface area (Å²) >= 11 is 25.0. The standard InChI is InChI=1S/C32H30ClFN6.C28H31ClFN7O.C28H26ClFN6.C23H26ClFN6/c1-19-20-12-14-21(15-13-20)25(19)17-27-28(34)32(40(23-8-4-2-5-9-23)24-10-6-3-7-11-24)37-31(36-27)29-26-16-22(33)18-35-30(26)39-38-29;1-16-17-4-6-18(7-5-17)20(16)14-22-24(30)28(37-10-8-36(9-11-37)23-3-2-12-38-23)33-27(32-22)25-21-13-19(29)15-31-26(21)35-34-25;1-15-16-6-8-17(9-7-16)20(15)13-22-24(30)28(36-11-10-18-4-2-3-5-23(18)36)33-27(32-22)25-21-12-19(29)14-31-26(21)35-34-25;1-11-12-2-4-13(5-3-12)16(11)9-18-19(25)22(27-15-6-7-15)29-23(28-18)20-17-8-14(24)10-26-21(17)31-30-20/h2-11,16,18-21,25H,12-15,17H2,1H3,(H,35,38,39);2-3,12-13,15-18,20H,4-11,14H2,1H3,(H,31,34,35);2-5,10-12,14-17,20H,6-9,13H2,1H3,(H,31,34,35);8,10-13,15-16H,2-7,9H2,1H3,(H,26,30,31)(H,27,28,29). The highest BCUT2D eigenvalue weighted by Gasteiger charge is 2.47. The van der Waals surface area contributed by atoms with Crippen molar-refractivity contribution in [2.45, 2.75) is 175 Å². The number of rotatable bonds is 20. The fraction of sp³-hybridized carbons (Fsp3) is 0.423. The largest absolute Gasteiger partial charge is 0.449 e. The summed E-state index contributed by atoms with van der Waals surface area (Å²) < 4.78 is 72.3. The maximum atomic E-state index is 16.8. The number of hydrogen-bond acceptors (Lipinski definition) is 21. The van der Waals surface area contributed by atoms with Gasteiger partial charge < -0.3 is 19.5 Å². The molecule has 0 amide bonds. The molecule has 8 atom stereocenters. The summed E-state index contributed by atoms with van der Waals surface area (Å²) in [5.41, 5.74) is 8.97. The minimum Gasteiger partial charge on any atom is -0.449 e. The van der Waals surface area contributed by atoms with Gasteiger partial charge in [-0.1, -0.05) is 129 Å². The molecule has 3 aromatic carbocycles. The van der Waals surface area contributed by atoms with E-state index < -0.39 is 0 Å². The average Bonchev–Trinajstić information content (AvgIpc) is 1.67. The van der Waals surface area contributed by atoms with E-state index in [1.807, 2.05) is 124 Å². The first-order chi connectivity index (χ1) is 70.7. The minimum atomic E-state index is -0.384. The van der Waals surface area contributed by atoms with Gasteiger partial charge in [0.2, 0.25) is 0 Å². The van der Waals surface area contributed by atoms with Crippen LogP contribution in [0.25, 0.3) is 107 Å².